The molecule has 0 aromatic rings. The summed E-state index contributed by atoms with van der Waals surface area (Å²) < 4.78 is 16.8. The Morgan fingerprint density at radius 3 is 0.863 bits per heavy atom. The lowest BCUT2D eigenvalue weighted by Crippen LogP contribution is -2.30. The fourth-order valence-corrected chi connectivity index (χ4v) is 7.04. The highest BCUT2D eigenvalue weighted by Gasteiger charge is 2.19. The maximum Gasteiger partial charge on any atom is 0.306 e. The highest BCUT2D eigenvalue weighted by Crippen LogP contribution is 2.12. The van der Waals surface area contributed by atoms with Gasteiger partial charge in [-0.2, -0.15) is 0 Å². The molecule has 0 heterocycles. The molecular weight excluding hydrogens is 901 g/mol. The molecule has 0 saturated carbocycles. The van der Waals surface area contributed by atoms with Gasteiger partial charge in [0.1, 0.15) is 13.2 Å². The minimum Gasteiger partial charge on any atom is -0.462 e. The molecule has 0 aliphatic rings. The lowest BCUT2D eigenvalue weighted by Gasteiger charge is -2.18. The average Bonchev–Trinajstić information content (AvgIpc) is 3.39. The smallest absolute Gasteiger partial charge is 0.306 e. The van der Waals surface area contributed by atoms with Crippen LogP contribution in [0.3, 0.4) is 0 Å². The number of carbonyl (C=O) groups excluding carboxylic acids is 3. The van der Waals surface area contributed by atoms with Crippen molar-refractivity contribution in [2.45, 2.75) is 219 Å². The van der Waals surface area contributed by atoms with Gasteiger partial charge in [-0.25, -0.2) is 0 Å². The molecule has 0 aromatic carbocycles. The minimum absolute atomic E-state index is 0.129. The number of rotatable bonds is 49. The largest absolute Gasteiger partial charge is 0.462 e. The maximum absolute atomic E-state index is 12.9. The first-order chi connectivity index (χ1) is 36.0. The normalized spacial score (nSPS) is 13.4. The van der Waals surface area contributed by atoms with Crippen LogP contribution in [0.4, 0.5) is 0 Å². The van der Waals surface area contributed by atoms with E-state index in [4.69, 9.17) is 14.2 Å². The second kappa shape index (κ2) is 59.3. The molecule has 0 aromatic heterocycles. The molecule has 6 heteroatoms. The van der Waals surface area contributed by atoms with Gasteiger partial charge >= 0.3 is 17.9 Å². The molecule has 73 heavy (non-hydrogen) atoms. The van der Waals surface area contributed by atoms with E-state index in [1.165, 1.54) is 25.7 Å². The molecule has 0 fully saturated rings. The lowest BCUT2D eigenvalue weighted by atomic mass is 10.1. The topological polar surface area (TPSA) is 78.9 Å². The molecule has 6 nitrogen and oxygen atoms in total. The van der Waals surface area contributed by atoms with Crippen molar-refractivity contribution in [3.63, 3.8) is 0 Å². The number of hydrogen-bond acceptors (Lipinski definition) is 6. The Bertz CT molecular complexity index is 1720. The van der Waals surface area contributed by atoms with Gasteiger partial charge in [-0.1, -0.05) is 229 Å². The summed E-state index contributed by atoms with van der Waals surface area (Å²) >= 11 is 0. The summed E-state index contributed by atoms with van der Waals surface area (Å²) in [6.07, 6.45) is 87.8. The zero-order valence-electron chi connectivity index (χ0n) is 46.3. The molecule has 0 saturated heterocycles. The third kappa shape index (κ3) is 57.5. The van der Waals surface area contributed by atoms with E-state index in [9.17, 15) is 14.4 Å². The zero-order valence-corrected chi connectivity index (χ0v) is 46.3. The fraction of sp³-hybridized carbons (Fsp3) is 0.537. The second-order valence-corrected chi connectivity index (χ2v) is 18.0. The second-order valence-electron chi connectivity index (χ2n) is 18.0. The molecule has 0 rings (SSSR count). The summed E-state index contributed by atoms with van der Waals surface area (Å²) in [6, 6.07) is 0. The number of carbonyl (C=O) groups is 3. The molecule has 1 atom stereocenters. The number of unbranched alkanes of at least 4 members (excludes halogenated alkanes) is 10. The summed E-state index contributed by atoms with van der Waals surface area (Å²) in [4.78, 5) is 38.2. The number of hydrogen-bond donors (Lipinski definition) is 0. The van der Waals surface area contributed by atoms with E-state index >= 15 is 0 Å². The Hall–Kier alpha value is -5.23. The third-order valence-electron chi connectivity index (χ3n) is 11.2. The Morgan fingerprint density at radius 1 is 0.274 bits per heavy atom. The average molecular weight is 1000 g/mol. The molecule has 406 valence electrons. The van der Waals surface area contributed by atoms with Gasteiger partial charge in [0.15, 0.2) is 6.10 Å². The van der Waals surface area contributed by atoms with Gasteiger partial charge in [-0.15, -0.1) is 0 Å². The van der Waals surface area contributed by atoms with Crippen LogP contribution in [0.25, 0.3) is 0 Å². The van der Waals surface area contributed by atoms with Crippen molar-refractivity contribution in [3.8, 4) is 0 Å². The van der Waals surface area contributed by atoms with Crippen molar-refractivity contribution >= 4 is 17.9 Å². The van der Waals surface area contributed by atoms with Gasteiger partial charge in [-0.05, 0) is 135 Å². The maximum atomic E-state index is 12.9. The van der Waals surface area contributed by atoms with Gasteiger partial charge in [0.05, 0.1) is 0 Å². The van der Waals surface area contributed by atoms with Crippen LogP contribution in [-0.4, -0.2) is 37.2 Å². The predicted molar refractivity (Wildman–Crippen MR) is 315 cm³/mol. The number of allylic oxidation sites excluding steroid dienone is 28. The van der Waals surface area contributed by atoms with Gasteiger partial charge in [0, 0.05) is 19.3 Å². The molecular formula is C67H102O6. The molecule has 0 amide bonds. The van der Waals surface area contributed by atoms with Crippen molar-refractivity contribution in [1.29, 1.82) is 0 Å². The van der Waals surface area contributed by atoms with Crippen LogP contribution in [0.2, 0.25) is 0 Å². The van der Waals surface area contributed by atoms with Gasteiger partial charge in [-0.3, -0.25) is 14.4 Å². The van der Waals surface area contributed by atoms with Crippen LogP contribution < -0.4 is 0 Å². The molecule has 0 spiro atoms. The van der Waals surface area contributed by atoms with Crippen molar-refractivity contribution in [2.24, 2.45) is 0 Å². The van der Waals surface area contributed by atoms with E-state index in [1.54, 1.807) is 0 Å². The van der Waals surface area contributed by atoms with E-state index in [-0.39, 0.29) is 44.0 Å². The first-order valence-corrected chi connectivity index (χ1v) is 28.6. The van der Waals surface area contributed by atoms with Gasteiger partial charge in [0.2, 0.25) is 0 Å². The van der Waals surface area contributed by atoms with E-state index in [0.717, 1.165) is 135 Å². The molecule has 1 unspecified atom stereocenters. The number of ether oxygens (including phenoxy) is 3. The third-order valence-corrected chi connectivity index (χ3v) is 11.2. The highest BCUT2D eigenvalue weighted by molar-refractivity contribution is 5.71. The first-order valence-electron chi connectivity index (χ1n) is 28.6. The fourth-order valence-electron chi connectivity index (χ4n) is 7.04. The lowest BCUT2D eigenvalue weighted by molar-refractivity contribution is -0.166. The zero-order chi connectivity index (χ0) is 52.9. The summed E-state index contributed by atoms with van der Waals surface area (Å²) in [5.41, 5.74) is 0. The highest BCUT2D eigenvalue weighted by atomic mass is 16.6. The van der Waals surface area contributed by atoms with Crippen LogP contribution in [0.15, 0.2) is 170 Å². The molecule has 0 N–H and O–H groups in total. The Morgan fingerprint density at radius 2 is 0.521 bits per heavy atom. The van der Waals surface area contributed by atoms with Crippen molar-refractivity contribution in [1.82, 2.24) is 0 Å². The van der Waals surface area contributed by atoms with E-state index in [2.05, 4.69) is 179 Å². The van der Waals surface area contributed by atoms with Crippen LogP contribution in [0.5, 0.6) is 0 Å². The Kier molecular flexibility index (Phi) is 55.1. The van der Waals surface area contributed by atoms with Crippen LogP contribution in [0.1, 0.15) is 213 Å². The van der Waals surface area contributed by atoms with Gasteiger partial charge in [0.25, 0.3) is 0 Å². The predicted octanol–water partition coefficient (Wildman–Crippen LogP) is 19.5. The quantitative estimate of drug-likeness (QED) is 0.0261. The molecule has 0 aliphatic heterocycles. The summed E-state index contributed by atoms with van der Waals surface area (Å²) in [6.45, 7) is 6.18. The number of esters is 3. The summed E-state index contributed by atoms with van der Waals surface area (Å²) in [5, 5.41) is 0. The first kappa shape index (κ1) is 67.8. The van der Waals surface area contributed by atoms with Crippen LogP contribution in [0, 0.1) is 0 Å². The van der Waals surface area contributed by atoms with Crippen molar-refractivity contribution in [2.75, 3.05) is 13.2 Å². The molecule has 0 radical (unpaired) electrons. The molecule has 0 aliphatic carbocycles. The van der Waals surface area contributed by atoms with Gasteiger partial charge < -0.3 is 14.2 Å². The van der Waals surface area contributed by atoms with Crippen molar-refractivity contribution in [3.05, 3.63) is 170 Å². The summed E-state index contributed by atoms with van der Waals surface area (Å²) in [5.74, 6) is -1.07. The minimum atomic E-state index is -0.841. The van der Waals surface area contributed by atoms with E-state index in [0.29, 0.717) is 19.3 Å². The Balaban J connectivity index is 4.62. The van der Waals surface area contributed by atoms with Crippen LogP contribution in [-0.2, 0) is 28.6 Å². The van der Waals surface area contributed by atoms with Crippen LogP contribution >= 0.6 is 0 Å². The van der Waals surface area contributed by atoms with Crippen molar-refractivity contribution < 1.29 is 28.6 Å². The Labute approximate surface area is 447 Å². The standard InChI is InChI=1S/C67H102O6/c1-4-7-10-13-16-19-22-25-28-31-33-36-39-42-45-48-51-54-57-60-66(69)72-63-64(62-71-65(68)59-56-53-50-47-44-41-38-35-30-27-24-21-18-15-12-9-6-3)73-67(70)61-58-55-52-49-46-43-40-37-34-32-29-26-23-20-17-14-11-8-5-2/h7-12,16-21,25-30,33-34,36-37,42-43,45-46,51,54,64H,4-6,13-15,22-24,31-32,35,38-41,44,47-50,52-53,55-63H2,1-3H3/b10-7-,11-8-,12-9-,19-16-,20-17-,21-18-,28-25-,29-26-,30-27-,36-33-,37-34-,45-42-,46-43-,54-51-. The summed E-state index contributed by atoms with van der Waals surface area (Å²) in [7, 11) is 0. The molecule has 0 bridgehead atoms. The SMILES string of the molecule is CC/C=C\C/C=C\C/C=C\C/C=C\C/C=C\C/C=C\CCC(=O)OCC(COC(=O)CCCCCCCCC/C=C\C/C=C\C/C=C\CC)OC(=O)CCCCC/C=C\C/C=C\C/C=C\C/C=C\C/C=C\CC. The van der Waals surface area contributed by atoms with E-state index < -0.39 is 6.10 Å². The van der Waals surface area contributed by atoms with E-state index in [1.807, 2.05) is 12.2 Å². The monoisotopic (exact) mass is 1000 g/mol.